The minimum atomic E-state index is -0.0179. The molecule has 0 saturated carbocycles. The molecule has 5 heteroatoms. The van der Waals surface area contributed by atoms with Crippen LogP contribution in [0.5, 0.6) is 0 Å². The van der Waals surface area contributed by atoms with E-state index >= 15 is 0 Å². The summed E-state index contributed by atoms with van der Waals surface area (Å²) in [6, 6.07) is 0. The topological polar surface area (TPSA) is 51.3 Å². The van der Waals surface area contributed by atoms with Crippen LogP contribution in [0.15, 0.2) is 16.8 Å². The first-order valence-electron chi connectivity index (χ1n) is 6.19. The van der Waals surface area contributed by atoms with Gasteiger partial charge in [0.05, 0.1) is 11.8 Å². The van der Waals surface area contributed by atoms with Gasteiger partial charge in [-0.15, -0.1) is 0 Å². The molecule has 2 aromatic heterocycles. The Morgan fingerprint density at radius 1 is 1.37 bits per heavy atom. The first kappa shape index (κ1) is 13.4. The van der Waals surface area contributed by atoms with Crippen LogP contribution in [-0.4, -0.2) is 27.6 Å². The van der Waals surface area contributed by atoms with Crippen LogP contribution in [-0.2, 0) is 13.6 Å². The second-order valence-corrected chi connectivity index (χ2v) is 4.90. The molecule has 0 spiro atoms. The second-order valence-electron chi connectivity index (χ2n) is 4.90. The SMILES string of the molecule is Cc1oc(C)c(C(=O)N(C)Cc2cnn(C)c2)c1C. The van der Waals surface area contributed by atoms with Gasteiger partial charge in [-0.1, -0.05) is 0 Å². The van der Waals surface area contributed by atoms with E-state index in [0.717, 1.165) is 16.9 Å². The van der Waals surface area contributed by atoms with Crippen molar-refractivity contribution in [2.24, 2.45) is 7.05 Å². The van der Waals surface area contributed by atoms with Gasteiger partial charge in [-0.05, 0) is 20.8 Å². The summed E-state index contributed by atoms with van der Waals surface area (Å²) in [6.45, 7) is 6.15. The van der Waals surface area contributed by atoms with Gasteiger partial charge in [0, 0.05) is 38.0 Å². The molecule has 2 rings (SSSR count). The van der Waals surface area contributed by atoms with Crippen molar-refractivity contribution in [3.8, 4) is 0 Å². The summed E-state index contributed by atoms with van der Waals surface area (Å²) in [7, 11) is 3.65. The summed E-state index contributed by atoms with van der Waals surface area (Å²) in [5, 5.41) is 4.10. The molecular formula is C14H19N3O2. The number of hydrogen-bond donors (Lipinski definition) is 0. The summed E-state index contributed by atoms with van der Waals surface area (Å²) in [5.74, 6) is 1.46. The highest BCUT2D eigenvalue weighted by Crippen LogP contribution is 2.22. The van der Waals surface area contributed by atoms with E-state index in [9.17, 15) is 4.79 Å². The number of nitrogens with zero attached hydrogens (tertiary/aromatic N) is 3. The van der Waals surface area contributed by atoms with Gasteiger partial charge in [0.15, 0.2) is 0 Å². The Labute approximate surface area is 112 Å². The fourth-order valence-corrected chi connectivity index (χ4v) is 2.20. The van der Waals surface area contributed by atoms with E-state index in [1.165, 1.54) is 0 Å². The third-order valence-corrected chi connectivity index (χ3v) is 3.30. The monoisotopic (exact) mass is 261 g/mol. The Kier molecular flexibility index (Phi) is 3.46. The molecule has 1 amide bonds. The van der Waals surface area contributed by atoms with E-state index in [1.807, 2.05) is 34.0 Å². The second kappa shape index (κ2) is 4.91. The zero-order valence-electron chi connectivity index (χ0n) is 12.0. The molecule has 19 heavy (non-hydrogen) atoms. The Bertz CT molecular complexity index is 610. The van der Waals surface area contributed by atoms with Gasteiger partial charge in [0.25, 0.3) is 5.91 Å². The van der Waals surface area contributed by atoms with E-state index in [4.69, 9.17) is 4.42 Å². The zero-order valence-corrected chi connectivity index (χ0v) is 12.0. The van der Waals surface area contributed by atoms with Crippen molar-refractivity contribution in [3.05, 3.63) is 40.6 Å². The fourth-order valence-electron chi connectivity index (χ4n) is 2.20. The summed E-state index contributed by atoms with van der Waals surface area (Å²) < 4.78 is 7.24. The van der Waals surface area contributed by atoms with Crippen LogP contribution in [0.3, 0.4) is 0 Å². The molecule has 0 unspecified atom stereocenters. The smallest absolute Gasteiger partial charge is 0.257 e. The molecule has 0 saturated heterocycles. The minimum Gasteiger partial charge on any atom is -0.466 e. The van der Waals surface area contributed by atoms with Crippen molar-refractivity contribution in [1.29, 1.82) is 0 Å². The molecule has 0 fully saturated rings. The van der Waals surface area contributed by atoms with Crippen LogP contribution in [0, 0.1) is 20.8 Å². The van der Waals surface area contributed by atoms with Gasteiger partial charge in [-0.2, -0.15) is 5.10 Å². The van der Waals surface area contributed by atoms with Gasteiger partial charge in [-0.3, -0.25) is 9.48 Å². The van der Waals surface area contributed by atoms with E-state index in [2.05, 4.69) is 5.10 Å². The number of hydrogen-bond acceptors (Lipinski definition) is 3. The van der Waals surface area contributed by atoms with Crippen LogP contribution in [0.25, 0.3) is 0 Å². The highest BCUT2D eigenvalue weighted by Gasteiger charge is 2.21. The first-order valence-corrected chi connectivity index (χ1v) is 6.19. The third-order valence-electron chi connectivity index (χ3n) is 3.30. The predicted octanol–water partition coefficient (Wildman–Crippen LogP) is 2.21. The first-order chi connectivity index (χ1) is 8.90. The summed E-state index contributed by atoms with van der Waals surface area (Å²) in [6.07, 6.45) is 3.67. The van der Waals surface area contributed by atoms with Crippen LogP contribution >= 0.6 is 0 Å². The molecule has 0 N–H and O–H groups in total. The maximum atomic E-state index is 12.4. The van der Waals surface area contributed by atoms with Gasteiger partial charge in [0.2, 0.25) is 0 Å². The van der Waals surface area contributed by atoms with Crippen molar-refractivity contribution >= 4 is 5.91 Å². The molecule has 2 aromatic rings. The number of aryl methyl sites for hydroxylation is 3. The maximum absolute atomic E-state index is 12.4. The average molecular weight is 261 g/mol. The summed E-state index contributed by atoms with van der Waals surface area (Å²) in [5.41, 5.74) is 2.60. The molecule has 0 atom stereocenters. The normalized spacial score (nSPS) is 10.8. The quantitative estimate of drug-likeness (QED) is 0.851. The Hall–Kier alpha value is -2.04. The lowest BCUT2D eigenvalue weighted by Crippen LogP contribution is -2.26. The van der Waals surface area contributed by atoms with E-state index in [-0.39, 0.29) is 5.91 Å². The predicted molar refractivity (Wildman–Crippen MR) is 71.9 cm³/mol. The number of furan rings is 1. The number of carbonyl (C=O) groups excluding carboxylic acids is 1. The molecule has 0 aromatic carbocycles. The van der Waals surface area contributed by atoms with Crippen molar-refractivity contribution in [1.82, 2.24) is 14.7 Å². The van der Waals surface area contributed by atoms with Gasteiger partial charge < -0.3 is 9.32 Å². The van der Waals surface area contributed by atoms with Crippen LogP contribution in [0.4, 0.5) is 0 Å². The van der Waals surface area contributed by atoms with Crippen LogP contribution < -0.4 is 0 Å². The molecule has 102 valence electrons. The summed E-state index contributed by atoms with van der Waals surface area (Å²) >= 11 is 0. The van der Waals surface area contributed by atoms with Gasteiger partial charge >= 0.3 is 0 Å². The molecule has 5 nitrogen and oxygen atoms in total. The highest BCUT2D eigenvalue weighted by molar-refractivity contribution is 5.96. The molecule has 2 heterocycles. The number of amides is 1. The highest BCUT2D eigenvalue weighted by atomic mass is 16.3. The molecule has 0 aliphatic rings. The van der Waals surface area contributed by atoms with E-state index < -0.39 is 0 Å². The summed E-state index contributed by atoms with van der Waals surface area (Å²) in [4.78, 5) is 14.1. The van der Waals surface area contributed by atoms with Crippen LogP contribution in [0.1, 0.15) is 33.0 Å². The average Bonchev–Trinajstić information content (AvgIpc) is 2.84. The van der Waals surface area contributed by atoms with Crippen LogP contribution in [0.2, 0.25) is 0 Å². The van der Waals surface area contributed by atoms with Gasteiger partial charge in [-0.25, -0.2) is 0 Å². The van der Waals surface area contributed by atoms with Crippen molar-refractivity contribution in [2.75, 3.05) is 7.05 Å². The van der Waals surface area contributed by atoms with Crippen molar-refractivity contribution in [3.63, 3.8) is 0 Å². The van der Waals surface area contributed by atoms with Crippen molar-refractivity contribution < 1.29 is 9.21 Å². The Balaban J connectivity index is 2.19. The Morgan fingerprint density at radius 2 is 2.05 bits per heavy atom. The number of rotatable bonds is 3. The standard InChI is InChI=1S/C14H19N3O2/c1-9-10(2)19-11(3)13(9)14(18)16(4)7-12-6-15-17(5)8-12/h6,8H,7H2,1-5H3. The maximum Gasteiger partial charge on any atom is 0.257 e. The minimum absolute atomic E-state index is 0.0179. The lowest BCUT2D eigenvalue weighted by atomic mass is 10.1. The molecular weight excluding hydrogens is 242 g/mol. The fraction of sp³-hybridized carbons (Fsp3) is 0.429. The van der Waals surface area contributed by atoms with Crippen molar-refractivity contribution in [2.45, 2.75) is 27.3 Å². The lowest BCUT2D eigenvalue weighted by molar-refractivity contribution is 0.0782. The molecule has 0 bridgehead atoms. The third kappa shape index (κ3) is 2.54. The van der Waals surface area contributed by atoms with Gasteiger partial charge in [0.1, 0.15) is 11.5 Å². The number of carbonyl (C=O) groups is 1. The zero-order chi connectivity index (χ0) is 14.2. The van der Waals surface area contributed by atoms with E-state index in [0.29, 0.717) is 17.9 Å². The molecule has 0 aliphatic carbocycles. The molecule has 0 radical (unpaired) electrons. The lowest BCUT2D eigenvalue weighted by Gasteiger charge is -2.16. The largest absolute Gasteiger partial charge is 0.466 e. The number of aromatic nitrogens is 2. The Morgan fingerprint density at radius 3 is 2.53 bits per heavy atom. The van der Waals surface area contributed by atoms with E-state index in [1.54, 1.807) is 22.8 Å². The molecule has 0 aliphatic heterocycles.